The molecule has 0 radical (unpaired) electrons. The molecule has 1 aromatic carbocycles. The summed E-state index contributed by atoms with van der Waals surface area (Å²) in [5.41, 5.74) is 1.36. The first kappa shape index (κ1) is 14.4. The van der Waals surface area contributed by atoms with Crippen LogP contribution in [0.2, 0.25) is 0 Å². The van der Waals surface area contributed by atoms with E-state index in [0.717, 1.165) is 18.3 Å². The van der Waals surface area contributed by atoms with E-state index in [0.29, 0.717) is 0 Å². The Bertz CT molecular complexity index is 375. The van der Waals surface area contributed by atoms with Crippen molar-refractivity contribution in [1.29, 1.82) is 0 Å². The molecule has 0 aliphatic heterocycles. The summed E-state index contributed by atoms with van der Waals surface area (Å²) in [6.45, 7) is 4.13. The predicted octanol–water partition coefficient (Wildman–Crippen LogP) is 4.98. The molecule has 1 aromatic rings. The molecule has 0 bridgehead atoms. The molecule has 0 unspecified atom stereocenters. The van der Waals surface area contributed by atoms with Gasteiger partial charge in [0.15, 0.2) is 0 Å². The predicted molar refractivity (Wildman–Crippen MR) is 84.3 cm³/mol. The lowest BCUT2D eigenvalue weighted by Gasteiger charge is -2.21. The van der Waals surface area contributed by atoms with Gasteiger partial charge in [-0.05, 0) is 53.0 Å². The zero-order valence-electron chi connectivity index (χ0n) is 11.0. The van der Waals surface area contributed by atoms with Crippen molar-refractivity contribution in [2.75, 3.05) is 6.54 Å². The first-order chi connectivity index (χ1) is 8.79. The topological polar surface area (TPSA) is 12.0 Å². The Hall–Kier alpha value is 0.01000. The summed E-state index contributed by atoms with van der Waals surface area (Å²) in [6.07, 6.45) is 7.02. The van der Waals surface area contributed by atoms with Gasteiger partial charge in [0.2, 0.25) is 0 Å². The molecule has 1 saturated carbocycles. The summed E-state index contributed by atoms with van der Waals surface area (Å²) in [6, 6.07) is 6.78. The third-order valence-corrected chi connectivity index (χ3v) is 5.75. The lowest BCUT2D eigenvalue weighted by atomic mass is 10.0. The van der Waals surface area contributed by atoms with Gasteiger partial charge in [-0.1, -0.05) is 32.3 Å². The van der Waals surface area contributed by atoms with Crippen molar-refractivity contribution < 1.29 is 0 Å². The smallest absolute Gasteiger partial charge is 0.0314 e. The Kier molecular flexibility index (Phi) is 6.06. The van der Waals surface area contributed by atoms with Gasteiger partial charge in [-0.25, -0.2) is 0 Å². The first-order valence-electron chi connectivity index (χ1n) is 6.95. The zero-order valence-corrected chi connectivity index (χ0v) is 13.4. The van der Waals surface area contributed by atoms with Crippen molar-refractivity contribution in [3.05, 3.63) is 28.2 Å². The summed E-state index contributed by atoms with van der Waals surface area (Å²) < 4.78 is 1.26. The molecule has 0 heterocycles. The van der Waals surface area contributed by atoms with Crippen LogP contribution in [0.15, 0.2) is 27.6 Å². The summed E-state index contributed by atoms with van der Waals surface area (Å²) in [7, 11) is 0. The minimum atomic E-state index is 0.828. The highest BCUT2D eigenvalue weighted by Gasteiger charge is 2.15. The van der Waals surface area contributed by atoms with Gasteiger partial charge in [0.1, 0.15) is 0 Å². The number of rotatable bonds is 5. The van der Waals surface area contributed by atoms with E-state index in [2.05, 4.69) is 58.1 Å². The van der Waals surface area contributed by atoms with E-state index in [-0.39, 0.29) is 0 Å². The second kappa shape index (κ2) is 7.56. The van der Waals surface area contributed by atoms with Crippen molar-refractivity contribution in [2.24, 2.45) is 0 Å². The first-order valence-corrected chi connectivity index (χ1v) is 8.62. The minimum Gasteiger partial charge on any atom is -0.313 e. The van der Waals surface area contributed by atoms with Crippen LogP contribution in [0.5, 0.6) is 0 Å². The maximum Gasteiger partial charge on any atom is 0.0314 e. The van der Waals surface area contributed by atoms with Crippen LogP contribution in [0.25, 0.3) is 0 Å². The molecule has 1 fully saturated rings. The van der Waals surface area contributed by atoms with Gasteiger partial charge in [-0.3, -0.25) is 0 Å². The van der Waals surface area contributed by atoms with E-state index >= 15 is 0 Å². The maximum absolute atomic E-state index is 3.72. The van der Waals surface area contributed by atoms with Crippen LogP contribution in [0, 0.1) is 0 Å². The molecular formula is C15H22BrNS. The Morgan fingerprint density at radius 2 is 2.06 bits per heavy atom. The van der Waals surface area contributed by atoms with Crippen molar-refractivity contribution in [1.82, 2.24) is 5.32 Å². The Morgan fingerprint density at radius 1 is 1.28 bits per heavy atom. The molecular weight excluding hydrogens is 306 g/mol. The number of benzene rings is 1. The molecule has 1 nitrogen and oxygen atoms in total. The average molecular weight is 328 g/mol. The van der Waals surface area contributed by atoms with Gasteiger partial charge in [0, 0.05) is 21.2 Å². The molecule has 0 saturated heterocycles. The van der Waals surface area contributed by atoms with E-state index in [1.165, 1.54) is 47.0 Å². The monoisotopic (exact) mass is 327 g/mol. The van der Waals surface area contributed by atoms with Crippen LogP contribution in [-0.2, 0) is 6.54 Å². The summed E-state index contributed by atoms with van der Waals surface area (Å²) >= 11 is 5.77. The zero-order chi connectivity index (χ0) is 12.8. The van der Waals surface area contributed by atoms with Gasteiger partial charge in [-0.15, -0.1) is 11.8 Å². The number of halogens is 1. The quantitative estimate of drug-likeness (QED) is 0.818. The summed E-state index contributed by atoms with van der Waals surface area (Å²) in [5, 5.41) is 4.19. The molecule has 18 heavy (non-hydrogen) atoms. The Labute approximate surface area is 123 Å². The molecule has 1 N–H and O–H groups in total. The largest absolute Gasteiger partial charge is 0.313 e. The average Bonchev–Trinajstić information content (AvgIpc) is 2.40. The third-order valence-electron chi connectivity index (χ3n) is 3.42. The van der Waals surface area contributed by atoms with Crippen LogP contribution < -0.4 is 5.32 Å². The van der Waals surface area contributed by atoms with Gasteiger partial charge < -0.3 is 5.32 Å². The van der Waals surface area contributed by atoms with Crippen molar-refractivity contribution >= 4 is 27.7 Å². The van der Waals surface area contributed by atoms with Crippen LogP contribution >= 0.6 is 27.7 Å². The second-order valence-corrected chi connectivity index (χ2v) is 7.12. The molecule has 0 aromatic heterocycles. The molecule has 1 aliphatic rings. The summed E-state index contributed by atoms with van der Waals surface area (Å²) in [5.74, 6) is 0. The van der Waals surface area contributed by atoms with Crippen LogP contribution in [-0.4, -0.2) is 11.8 Å². The highest BCUT2D eigenvalue weighted by Crippen LogP contribution is 2.37. The summed E-state index contributed by atoms with van der Waals surface area (Å²) in [4.78, 5) is 1.40. The maximum atomic E-state index is 3.72. The highest BCUT2D eigenvalue weighted by atomic mass is 79.9. The van der Waals surface area contributed by atoms with E-state index in [1.807, 2.05) is 0 Å². The fourth-order valence-corrected chi connectivity index (χ4v) is 4.33. The SMILES string of the molecule is CCNCc1ccc(SC2CCCCC2)c(Br)c1. The lowest BCUT2D eigenvalue weighted by Crippen LogP contribution is -2.11. The second-order valence-electron chi connectivity index (χ2n) is 4.92. The van der Waals surface area contributed by atoms with E-state index < -0.39 is 0 Å². The Morgan fingerprint density at radius 3 is 2.72 bits per heavy atom. The minimum absolute atomic E-state index is 0.828. The molecule has 0 amide bonds. The molecule has 1 aliphatic carbocycles. The van der Waals surface area contributed by atoms with Crippen LogP contribution in [0.1, 0.15) is 44.6 Å². The highest BCUT2D eigenvalue weighted by molar-refractivity contribution is 9.10. The van der Waals surface area contributed by atoms with Crippen molar-refractivity contribution in [2.45, 2.75) is 55.7 Å². The van der Waals surface area contributed by atoms with E-state index in [1.54, 1.807) is 0 Å². The number of hydrogen-bond acceptors (Lipinski definition) is 2. The normalized spacial score (nSPS) is 17.0. The van der Waals surface area contributed by atoms with Crippen molar-refractivity contribution in [3.63, 3.8) is 0 Å². The molecule has 2 rings (SSSR count). The fraction of sp³-hybridized carbons (Fsp3) is 0.600. The number of thioether (sulfide) groups is 1. The Balaban J connectivity index is 1.95. The van der Waals surface area contributed by atoms with Gasteiger partial charge in [-0.2, -0.15) is 0 Å². The third kappa shape index (κ3) is 4.29. The molecule has 0 atom stereocenters. The van der Waals surface area contributed by atoms with Gasteiger partial charge in [0.05, 0.1) is 0 Å². The molecule has 0 spiro atoms. The van der Waals surface area contributed by atoms with Gasteiger partial charge in [0.25, 0.3) is 0 Å². The van der Waals surface area contributed by atoms with E-state index in [4.69, 9.17) is 0 Å². The fourth-order valence-electron chi connectivity index (χ4n) is 2.38. The molecule has 3 heteroatoms. The number of nitrogens with one attached hydrogen (secondary N) is 1. The van der Waals surface area contributed by atoms with Crippen molar-refractivity contribution in [3.8, 4) is 0 Å². The standard InChI is InChI=1S/C15H22BrNS/c1-2-17-11-12-8-9-15(14(16)10-12)18-13-6-4-3-5-7-13/h8-10,13,17H,2-7,11H2,1H3. The van der Waals surface area contributed by atoms with Crippen LogP contribution in [0.4, 0.5) is 0 Å². The van der Waals surface area contributed by atoms with Crippen LogP contribution in [0.3, 0.4) is 0 Å². The van der Waals surface area contributed by atoms with E-state index in [9.17, 15) is 0 Å². The number of hydrogen-bond donors (Lipinski definition) is 1. The van der Waals surface area contributed by atoms with Gasteiger partial charge >= 0.3 is 0 Å². The molecule has 100 valence electrons. The lowest BCUT2D eigenvalue weighted by molar-refractivity contribution is 0.516.